The van der Waals surface area contributed by atoms with Gasteiger partial charge < -0.3 is 24.3 Å². The molecule has 1 N–H and O–H groups in total. The van der Waals surface area contributed by atoms with Crippen LogP contribution in [0.1, 0.15) is 16.7 Å². The first-order chi connectivity index (χ1) is 16.5. The van der Waals surface area contributed by atoms with Crippen LogP contribution in [0.2, 0.25) is 0 Å². The number of amides is 1. The highest BCUT2D eigenvalue weighted by atomic mass is 19.1. The lowest BCUT2D eigenvalue weighted by Crippen LogP contribution is -2.10. The van der Waals surface area contributed by atoms with Crippen molar-refractivity contribution in [1.29, 1.82) is 0 Å². The van der Waals surface area contributed by atoms with Crippen LogP contribution in [0.3, 0.4) is 0 Å². The van der Waals surface area contributed by atoms with Crippen LogP contribution in [0.4, 0.5) is 10.1 Å². The Bertz CT molecular complexity index is 1180. The second-order valence-electron chi connectivity index (χ2n) is 7.09. The highest BCUT2D eigenvalue weighted by Gasteiger charge is 2.13. The lowest BCUT2D eigenvalue weighted by molar-refractivity contribution is -0.111. The van der Waals surface area contributed by atoms with Crippen LogP contribution < -0.4 is 24.3 Å². The Labute approximate surface area is 198 Å². The number of hydrogen-bond acceptors (Lipinski definition) is 5. The maximum Gasteiger partial charge on any atom is 0.248 e. The van der Waals surface area contributed by atoms with E-state index in [-0.39, 0.29) is 11.7 Å². The van der Waals surface area contributed by atoms with Crippen molar-refractivity contribution in [2.45, 2.75) is 0 Å². The molecule has 0 aliphatic rings. The largest absolute Gasteiger partial charge is 0.495 e. The Hall–Kier alpha value is -4.26. The number of ether oxygens (including phenoxy) is 4. The average Bonchev–Trinajstić information content (AvgIpc) is 2.86. The van der Waals surface area contributed by atoms with Gasteiger partial charge in [-0.3, -0.25) is 4.79 Å². The molecule has 0 saturated heterocycles. The Morgan fingerprint density at radius 1 is 0.765 bits per heavy atom. The number of methoxy groups -OCH3 is 4. The normalized spacial score (nSPS) is 11.0. The van der Waals surface area contributed by atoms with E-state index in [0.29, 0.717) is 34.2 Å². The molecule has 0 heterocycles. The van der Waals surface area contributed by atoms with E-state index in [2.05, 4.69) is 5.32 Å². The van der Waals surface area contributed by atoms with E-state index in [1.165, 1.54) is 25.3 Å². The molecule has 176 valence electrons. The molecule has 3 aromatic carbocycles. The van der Waals surface area contributed by atoms with Gasteiger partial charge in [0.1, 0.15) is 11.6 Å². The Balaban J connectivity index is 1.88. The summed E-state index contributed by atoms with van der Waals surface area (Å²) in [5, 5.41) is 2.87. The predicted octanol–water partition coefficient (Wildman–Crippen LogP) is 5.68. The van der Waals surface area contributed by atoms with Crippen molar-refractivity contribution < 1.29 is 28.1 Å². The number of carbonyl (C=O) groups excluding carboxylic acids is 1. The molecule has 0 atom stereocenters. The van der Waals surface area contributed by atoms with Crippen molar-refractivity contribution in [2.75, 3.05) is 33.8 Å². The van der Waals surface area contributed by atoms with E-state index in [1.807, 2.05) is 36.4 Å². The van der Waals surface area contributed by atoms with E-state index in [0.717, 1.165) is 11.1 Å². The topological polar surface area (TPSA) is 66.0 Å². The summed E-state index contributed by atoms with van der Waals surface area (Å²) in [7, 11) is 6.19. The molecule has 0 aromatic heterocycles. The van der Waals surface area contributed by atoms with Crippen molar-refractivity contribution in [3.63, 3.8) is 0 Å². The smallest absolute Gasteiger partial charge is 0.248 e. The van der Waals surface area contributed by atoms with Crippen LogP contribution in [0.15, 0.2) is 60.7 Å². The van der Waals surface area contributed by atoms with Crippen molar-refractivity contribution in [3.05, 3.63) is 83.2 Å². The van der Waals surface area contributed by atoms with E-state index in [9.17, 15) is 9.18 Å². The monoisotopic (exact) mass is 463 g/mol. The lowest BCUT2D eigenvalue weighted by atomic mass is 10.1. The Morgan fingerprint density at radius 3 is 2.00 bits per heavy atom. The van der Waals surface area contributed by atoms with Gasteiger partial charge in [-0.05, 0) is 47.5 Å². The van der Waals surface area contributed by atoms with E-state index >= 15 is 0 Å². The summed E-state index contributed by atoms with van der Waals surface area (Å²) in [6.45, 7) is 0. The van der Waals surface area contributed by atoms with Gasteiger partial charge in [0.25, 0.3) is 0 Å². The number of para-hydroxylation sites is 1. The minimum absolute atomic E-state index is 0.334. The van der Waals surface area contributed by atoms with Crippen LogP contribution in [0.25, 0.3) is 18.2 Å². The van der Waals surface area contributed by atoms with Gasteiger partial charge >= 0.3 is 0 Å². The first-order valence-electron chi connectivity index (χ1n) is 10.4. The Morgan fingerprint density at radius 2 is 1.41 bits per heavy atom. The highest BCUT2D eigenvalue weighted by Crippen LogP contribution is 2.39. The summed E-state index contributed by atoms with van der Waals surface area (Å²) in [5.41, 5.74) is 2.77. The molecule has 0 spiro atoms. The molecular weight excluding hydrogens is 437 g/mol. The van der Waals surface area contributed by atoms with Crippen molar-refractivity contribution in [2.24, 2.45) is 0 Å². The van der Waals surface area contributed by atoms with Crippen LogP contribution in [0, 0.1) is 5.82 Å². The number of nitrogens with one attached hydrogen (secondary N) is 1. The molecule has 34 heavy (non-hydrogen) atoms. The fourth-order valence-corrected chi connectivity index (χ4v) is 3.29. The fraction of sp³-hybridized carbons (Fsp3) is 0.148. The van der Waals surface area contributed by atoms with Crippen LogP contribution in [-0.4, -0.2) is 34.3 Å². The van der Waals surface area contributed by atoms with Crippen LogP contribution in [-0.2, 0) is 4.79 Å². The van der Waals surface area contributed by atoms with E-state index in [1.54, 1.807) is 45.6 Å². The third-order valence-corrected chi connectivity index (χ3v) is 4.97. The quantitative estimate of drug-likeness (QED) is 0.327. The molecule has 0 bridgehead atoms. The SMILES string of the molecule is COc1cccc(/C=C/c2cc(OC)c(OC)c(OC)c2)c1NC(=O)/C=C/c1ccc(F)cc1. The number of rotatable bonds is 9. The molecular formula is C27H26FNO5. The number of halogens is 1. The fourth-order valence-electron chi connectivity index (χ4n) is 3.29. The van der Waals surface area contributed by atoms with Gasteiger partial charge in [0.15, 0.2) is 11.5 Å². The van der Waals surface area contributed by atoms with Crippen molar-refractivity contribution >= 4 is 29.8 Å². The number of anilines is 1. The molecule has 0 radical (unpaired) electrons. The number of hydrogen-bond donors (Lipinski definition) is 1. The summed E-state index contributed by atoms with van der Waals surface area (Å²) < 4.78 is 34.7. The molecule has 0 aliphatic heterocycles. The molecule has 0 unspecified atom stereocenters. The summed E-state index contributed by atoms with van der Waals surface area (Å²) >= 11 is 0. The average molecular weight is 464 g/mol. The van der Waals surface area contributed by atoms with Gasteiger partial charge in [-0.25, -0.2) is 4.39 Å². The zero-order valence-electron chi connectivity index (χ0n) is 19.4. The summed E-state index contributed by atoms with van der Waals surface area (Å²) in [6.07, 6.45) is 6.70. The molecule has 0 fully saturated rings. The first kappa shape index (κ1) is 24.4. The summed E-state index contributed by atoms with van der Waals surface area (Å²) in [6, 6.07) is 14.9. The predicted molar refractivity (Wildman–Crippen MR) is 132 cm³/mol. The minimum atomic E-state index is -0.351. The Kier molecular flexibility index (Phi) is 8.29. The lowest BCUT2D eigenvalue weighted by Gasteiger charge is -2.13. The maximum absolute atomic E-state index is 13.1. The molecule has 0 aliphatic carbocycles. The van der Waals surface area contributed by atoms with Crippen molar-refractivity contribution in [1.82, 2.24) is 0 Å². The zero-order chi connectivity index (χ0) is 24.5. The third-order valence-electron chi connectivity index (χ3n) is 4.97. The molecule has 3 aromatic rings. The van der Waals surface area contributed by atoms with Gasteiger partial charge in [-0.2, -0.15) is 0 Å². The number of carbonyl (C=O) groups is 1. The van der Waals surface area contributed by atoms with Gasteiger partial charge in [-0.15, -0.1) is 0 Å². The summed E-state index contributed by atoms with van der Waals surface area (Å²) in [4.78, 5) is 12.6. The van der Waals surface area contributed by atoms with E-state index in [4.69, 9.17) is 18.9 Å². The molecule has 7 heteroatoms. The van der Waals surface area contributed by atoms with Crippen molar-refractivity contribution in [3.8, 4) is 23.0 Å². The standard InChI is InChI=1S/C27H26FNO5/c1-31-22-7-5-6-20(12-8-19-16-23(32-2)27(34-4)24(17-19)33-3)26(22)29-25(30)15-11-18-9-13-21(28)14-10-18/h5-17H,1-4H3,(H,29,30)/b12-8+,15-11+. The molecule has 6 nitrogen and oxygen atoms in total. The van der Waals surface area contributed by atoms with Gasteiger partial charge in [0.2, 0.25) is 11.7 Å². The maximum atomic E-state index is 13.1. The van der Waals surface area contributed by atoms with Gasteiger partial charge in [-0.1, -0.05) is 36.4 Å². The second kappa shape index (κ2) is 11.6. The van der Waals surface area contributed by atoms with Gasteiger partial charge in [0, 0.05) is 11.6 Å². The first-order valence-corrected chi connectivity index (χ1v) is 10.4. The molecule has 3 rings (SSSR count). The highest BCUT2D eigenvalue weighted by molar-refractivity contribution is 6.04. The van der Waals surface area contributed by atoms with Crippen LogP contribution in [0.5, 0.6) is 23.0 Å². The zero-order valence-corrected chi connectivity index (χ0v) is 19.4. The van der Waals surface area contributed by atoms with Gasteiger partial charge in [0.05, 0.1) is 34.1 Å². The van der Waals surface area contributed by atoms with E-state index < -0.39 is 0 Å². The molecule has 0 saturated carbocycles. The summed E-state index contributed by atoms with van der Waals surface area (Å²) in [5.74, 6) is 1.40. The third kappa shape index (κ3) is 5.95. The van der Waals surface area contributed by atoms with Crippen LogP contribution >= 0.6 is 0 Å². The number of benzene rings is 3. The minimum Gasteiger partial charge on any atom is -0.495 e. The molecule has 1 amide bonds. The second-order valence-corrected chi connectivity index (χ2v) is 7.09.